The molecular formula is C21H21N3O4S. The van der Waals surface area contributed by atoms with E-state index < -0.39 is 0 Å². The van der Waals surface area contributed by atoms with E-state index in [0.29, 0.717) is 28.8 Å². The summed E-state index contributed by atoms with van der Waals surface area (Å²) in [4.78, 5) is 28.0. The van der Waals surface area contributed by atoms with E-state index in [1.165, 1.54) is 25.8 Å². The number of amides is 2. The molecule has 1 aromatic heterocycles. The predicted molar refractivity (Wildman–Crippen MR) is 114 cm³/mol. The van der Waals surface area contributed by atoms with E-state index in [0.717, 1.165) is 11.3 Å². The van der Waals surface area contributed by atoms with E-state index in [9.17, 15) is 9.59 Å². The Morgan fingerprint density at radius 3 is 2.66 bits per heavy atom. The van der Waals surface area contributed by atoms with Crippen LogP contribution in [-0.4, -0.2) is 29.7 Å². The zero-order valence-electron chi connectivity index (χ0n) is 16.1. The molecule has 1 heterocycles. The largest absolute Gasteiger partial charge is 0.495 e. The second-order valence-corrected chi connectivity index (χ2v) is 7.13. The predicted octanol–water partition coefficient (Wildman–Crippen LogP) is 4.18. The highest BCUT2D eigenvalue weighted by Gasteiger charge is 2.11. The van der Waals surface area contributed by atoms with Crippen LogP contribution in [0.5, 0.6) is 5.75 Å². The molecule has 0 aliphatic rings. The molecule has 2 amide bonds. The minimum Gasteiger partial charge on any atom is -0.495 e. The number of nitrogens with one attached hydrogen (secondary N) is 2. The first-order valence-electron chi connectivity index (χ1n) is 8.88. The molecule has 0 fully saturated rings. The van der Waals surface area contributed by atoms with Crippen LogP contribution in [0.2, 0.25) is 0 Å². The number of ether oxygens (including phenoxy) is 1. The van der Waals surface area contributed by atoms with Gasteiger partial charge in [-0.15, -0.1) is 11.8 Å². The fourth-order valence-electron chi connectivity index (χ4n) is 2.61. The van der Waals surface area contributed by atoms with Gasteiger partial charge in [0.25, 0.3) is 0 Å². The number of rotatable bonds is 8. The average molecular weight is 411 g/mol. The second-order valence-electron chi connectivity index (χ2n) is 6.15. The lowest BCUT2D eigenvalue weighted by Gasteiger charge is -2.12. The summed E-state index contributed by atoms with van der Waals surface area (Å²) in [6.45, 7) is 1.42. The summed E-state index contributed by atoms with van der Waals surface area (Å²) in [6, 6.07) is 14.7. The van der Waals surface area contributed by atoms with Gasteiger partial charge in [0.05, 0.1) is 24.2 Å². The number of nitrogens with zero attached hydrogens (tertiary/aromatic N) is 1. The fourth-order valence-corrected chi connectivity index (χ4v) is 3.31. The van der Waals surface area contributed by atoms with Gasteiger partial charge in [-0.1, -0.05) is 18.2 Å². The third-order valence-corrected chi connectivity index (χ3v) is 4.82. The first-order valence-corrected chi connectivity index (χ1v) is 10.0. The number of carbonyl (C=O) groups excluding carboxylic acids is 2. The molecule has 0 saturated carbocycles. The van der Waals surface area contributed by atoms with E-state index in [1.54, 1.807) is 24.5 Å². The van der Waals surface area contributed by atoms with Gasteiger partial charge in [-0.2, -0.15) is 0 Å². The van der Waals surface area contributed by atoms with Crippen molar-refractivity contribution in [3.8, 4) is 17.2 Å². The van der Waals surface area contributed by atoms with Gasteiger partial charge in [-0.3, -0.25) is 9.59 Å². The number of hydrogen-bond donors (Lipinski definition) is 2. The maximum atomic E-state index is 12.3. The summed E-state index contributed by atoms with van der Waals surface area (Å²) in [7, 11) is 1.52. The summed E-state index contributed by atoms with van der Waals surface area (Å²) in [5.41, 5.74) is 2.76. The van der Waals surface area contributed by atoms with E-state index in [2.05, 4.69) is 15.6 Å². The Morgan fingerprint density at radius 1 is 1.14 bits per heavy atom. The van der Waals surface area contributed by atoms with Crippen LogP contribution in [-0.2, 0) is 15.3 Å². The Morgan fingerprint density at radius 2 is 1.93 bits per heavy atom. The topological polar surface area (TPSA) is 93.5 Å². The molecule has 0 atom stereocenters. The highest BCUT2D eigenvalue weighted by molar-refractivity contribution is 7.99. The van der Waals surface area contributed by atoms with Crippen LogP contribution in [0.25, 0.3) is 11.5 Å². The van der Waals surface area contributed by atoms with Gasteiger partial charge in [0.15, 0.2) is 0 Å². The van der Waals surface area contributed by atoms with Crippen LogP contribution >= 0.6 is 11.8 Å². The SMILES string of the molecule is COc1ccc(NC(C)=O)cc1NC(=O)CSCc1coc(-c2ccccc2)n1. The van der Waals surface area contributed by atoms with Gasteiger partial charge in [0, 0.05) is 23.9 Å². The zero-order valence-corrected chi connectivity index (χ0v) is 16.9. The Bertz CT molecular complexity index is 989. The Labute approximate surface area is 172 Å². The van der Waals surface area contributed by atoms with Crippen molar-refractivity contribution < 1.29 is 18.7 Å². The Hall–Kier alpha value is -3.26. The van der Waals surface area contributed by atoms with E-state index in [-0.39, 0.29) is 17.6 Å². The Kier molecular flexibility index (Phi) is 6.91. The monoisotopic (exact) mass is 411 g/mol. The van der Waals surface area contributed by atoms with E-state index >= 15 is 0 Å². The maximum Gasteiger partial charge on any atom is 0.234 e. The molecule has 0 saturated heterocycles. The van der Waals surface area contributed by atoms with Gasteiger partial charge in [-0.05, 0) is 30.3 Å². The minimum absolute atomic E-state index is 0.181. The number of anilines is 2. The molecule has 150 valence electrons. The summed E-state index contributed by atoms with van der Waals surface area (Å²) in [6.07, 6.45) is 1.60. The Balaban J connectivity index is 1.54. The van der Waals surface area contributed by atoms with Crippen LogP contribution in [0, 0.1) is 0 Å². The molecule has 0 radical (unpaired) electrons. The van der Waals surface area contributed by atoms with Crippen LogP contribution < -0.4 is 15.4 Å². The molecule has 7 nitrogen and oxygen atoms in total. The second kappa shape index (κ2) is 9.79. The summed E-state index contributed by atoms with van der Waals surface area (Å²) >= 11 is 1.43. The number of carbonyl (C=O) groups is 2. The van der Waals surface area contributed by atoms with Crippen LogP contribution in [0.3, 0.4) is 0 Å². The van der Waals surface area contributed by atoms with Gasteiger partial charge in [-0.25, -0.2) is 4.98 Å². The number of hydrogen-bond acceptors (Lipinski definition) is 6. The fraction of sp³-hybridized carbons (Fsp3) is 0.190. The lowest BCUT2D eigenvalue weighted by Crippen LogP contribution is -2.15. The number of methoxy groups -OCH3 is 1. The lowest BCUT2D eigenvalue weighted by molar-refractivity contribution is -0.114. The van der Waals surface area contributed by atoms with Crippen molar-refractivity contribution in [3.05, 3.63) is 60.5 Å². The van der Waals surface area contributed by atoms with Crippen molar-refractivity contribution in [2.24, 2.45) is 0 Å². The number of thioether (sulfide) groups is 1. The summed E-state index contributed by atoms with van der Waals surface area (Å²) in [5.74, 6) is 1.49. The molecule has 3 rings (SSSR count). The number of benzene rings is 2. The maximum absolute atomic E-state index is 12.3. The molecule has 3 aromatic rings. The first kappa shape index (κ1) is 20.5. The number of oxazole rings is 1. The molecule has 0 aliphatic heterocycles. The van der Waals surface area contributed by atoms with Crippen LogP contribution in [0.4, 0.5) is 11.4 Å². The molecule has 0 bridgehead atoms. The van der Waals surface area contributed by atoms with Gasteiger partial charge in [0.2, 0.25) is 17.7 Å². The average Bonchev–Trinajstić information content (AvgIpc) is 3.17. The minimum atomic E-state index is -0.189. The van der Waals surface area contributed by atoms with E-state index in [4.69, 9.17) is 9.15 Å². The first-order chi connectivity index (χ1) is 14.0. The summed E-state index contributed by atoms with van der Waals surface area (Å²) in [5, 5.41) is 5.49. The van der Waals surface area contributed by atoms with Crippen molar-refractivity contribution in [3.63, 3.8) is 0 Å². The van der Waals surface area contributed by atoms with Crippen molar-refractivity contribution in [1.82, 2.24) is 4.98 Å². The van der Waals surface area contributed by atoms with Crippen LogP contribution in [0.15, 0.2) is 59.2 Å². The quantitative estimate of drug-likeness (QED) is 0.578. The molecule has 2 N–H and O–H groups in total. The molecule has 29 heavy (non-hydrogen) atoms. The molecule has 0 unspecified atom stereocenters. The van der Waals surface area contributed by atoms with E-state index in [1.807, 2.05) is 30.3 Å². The molecule has 8 heteroatoms. The van der Waals surface area contributed by atoms with Crippen molar-refractivity contribution in [1.29, 1.82) is 0 Å². The van der Waals surface area contributed by atoms with Crippen molar-refractivity contribution in [2.45, 2.75) is 12.7 Å². The van der Waals surface area contributed by atoms with Gasteiger partial charge < -0.3 is 19.8 Å². The smallest absolute Gasteiger partial charge is 0.234 e. The third-order valence-electron chi connectivity index (χ3n) is 3.85. The standard InChI is InChI=1S/C21H21N3O4S/c1-14(25)22-16-8-9-19(27-2)18(10-16)24-20(26)13-29-12-17-11-28-21(23-17)15-6-4-3-5-7-15/h3-11H,12-13H2,1-2H3,(H,22,25)(H,24,26). The number of aromatic nitrogens is 1. The zero-order chi connectivity index (χ0) is 20.6. The van der Waals surface area contributed by atoms with Gasteiger partial charge in [0.1, 0.15) is 12.0 Å². The molecule has 0 aliphatic carbocycles. The summed E-state index contributed by atoms with van der Waals surface area (Å²) < 4.78 is 10.8. The highest BCUT2D eigenvalue weighted by atomic mass is 32.2. The molecular weight excluding hydrogens is 390 g/mol. The van der Waals surface area contributed by atoms with Crippen molar-refractivity contribution >= 4 is 35.0 Å². The molecule has 0 spiro atoms. The lowest BCUT2D eigenvalue weighted by atomic mass is 10.2. The normalized spacial score (nSPS) is 10.4. The highest BCUT2D eigenvalue weighted by Crippen LogP contribution is 2.28. The van der Waals surface area contributed by atoms with Crippen molar-refractivity contribution in [2.75, 3.05) is 23.5 Å². The third kappa shape index (κ3) is 5.86. The molecule has 2 aromatic carbocycles. The van der Waals surface area contributed by atoms with Crippen LogP contribution in [0.1, 0.15) is 12.6 Å². The van der Waals surface area contributed by atoms with Gasteiger partial charge >= 0.3 is 0 Å².